The monoisotopic (exact) mass is 457 g/mol. The summed E-state index contributed by atoms with van der Waals surface area (Å²) < 4.78 is 16.7. The molecule has 0 aliphatic carbocycles. The minimum atomic E-state index is -0.516. The lowest BCUT2D eigenvalue weighted by Crippen LogP contribution is -2.47. The van der Waals surface area contributed by atoms with Gasteiger partial charge in [-0.05, 0) is 55.8 Å². The molecule has 2 N–H and O–H groups in total. The molecule has 30 heavy (non-hydrogen) atoms. The van der Waals surface area contributed by atoms with Crippen molar-refractivity contribution in [1.29, 1.82) is 0 Å². The molecule has 0 atom stereocenters. The van der Waals surface area contributed by atoms with Gasteiger partial charge in [-0.2, -0.15) is 0 Å². The van der Waals surface area contributed by atoms with E-state index in [-0.39, 0.29) is 30.7 Å². The van der Waals surface area contributed by atoms with Crippen LogP contribution >= 0.6 is 24.8 Å². The third kappa shape index (κ3) is 6.47. The third-order valence-corrected chi connectivity index (χ3v) is 5.03. The molecule has 1 aromatic heterocycles. The molecule has 1 amide bonds. The number of nitrogens with zero attached hydrogens (tertiary/aromatic N) is 1. The van der Waals surface area contributed by atoms with E-state index >= 15 is 0 Å². The molecule has 9 heteroatoms. The topological polar surface area (TPSA) is 81.7 Å². The lowest BCUT2D eigenvalue weighted by atomic mass is 9.78. The molecule has 2 heterocycles. The maximum atomic E-state index is 13.0. The van der Waals surface area contributed by atoms with Crippen LogP contribution in [0.5, 0.6) is 11.5 Å². The van der Waals surface area contributed by atoms with Crippen LogP contribution in [0.4, 0.5) is 5.69 Å². The van der Waals surface area contributed by atoms with Crippen molar-refractivity contribution in [3.05, 3.63) is 48.3 Å². The molecule has 1 saturated heterocycles. The standard InChI is InChI=1S/C21H27N3O4.2ClH/c1-26-15-21(7-11-23-12-8-21)20(25)24-17-3-4-18(27-2)19(13-17)28-14-16-5-9-22-10-6-16;;/h3-6,9-10,13,23H,7-8,11-12,14-15H2,1-2H3,(H,24,25);2*1H. The van der Waals surface area contributed by atoms with Gasteiger partial charge >= 0.3 is 0 Å². The SMILES string of the molecule is COCC1(C(=O)Nc2ccc(OC)c(OCc3ccncc3)c2)CCNCC1.Cl.Cl. The number of methoxy groups -OCH3 is 2. The molecule has 1 aliphatic heterocycles. The first kappa shape index (κ1) is 26.0. The van der Waals surface area contributed by atoms with Gasteiger partial charge in [-0.3, -0.25) is 9.78 Å². The fourth-order valence-corrected chi connectivity index (χ4v) is 3.39. The molecule has 1 fully saturated rings. The van der Waals surface area contributed by atoms with Crippen LogP contribution in [0, 0.1) is 5.41 Å². The highest BCUT2D eigenvalue weighted by Crippen LogP contribution is 2.34. The minimum Gasteiger partial charge on any atom is -0.493 e. The molecule has 0 radical (unpaired) electrons. The van der Waals surface area contributed by atoms with Crippen molar-refractivity contribution in [1.82, 2.24) is 10.3 Å². The largest absolute Gasteiger partial charge is 0.493 e. The quantitative estimate of drug-likeness (QED) is 0.631. The molecule has 7 nitrogen and oxygen atoms in total. The molecular formula is C21H29Cl2N3O4. The van der Waals surface area contributed by atoms with Crippen LogP contribution in [0.1, 0.15) is 18.4 Å². The zero-order chi connectivity index (χ0) is 19.8. The van der Waals surface area contributed by atoms with Crippen molar-refractivity contribution < 1.29 is 19.0 Å². The highest BCUT2D eigenvalue weighted by Gasteiger charge is 2.39. The second kappa shape index (κ2) is 12.6. The van der Waals surface area contributed by atoms with Crippen LogP contribution in [-0.2, 0) is 16.1 Å². The Kier molecular flexibility index (Phi) is 10.9. The zero-order valence-electron chi connectivity index (χ0n) is 17.2. The van der Waals surface area contributed by atoms with Gasteiger partial charge in [-0.15, -0.1) is 24.8 Å². The number of benzene rings is 1. The molecule has 0 bridgehead atoms. The minimum absolute atomic E-state index is 0. The van der Waals surface area contributed by atoms with Crippen molar-refractivity contribution in [3.8, 4) is 11.5 Å². The first-order chi connectivity index (χ1) is 13.7. The van der Waals surface area contributed by atoms with Crippen molar-refractivity contribution in [2.24, 2.45) is 5.41 Å². The normalized spacial score (nSPS) is 14.6. The van der Waals surface area contributed by atoms with E-state index in [0.29, 0.717) is 30.4 Å². The van der Waals surface area contributed by atoms with Gasteiger partial charge in [0.25, 0.3) is 0 Å². The number of ether oxygens (including phenoxy) is 3. The van der Waals surface area contributed by atoms with Gasteiger partial charge in [0, 0.05) is 31.3 Å². The highest BCUT2D eigenvalue weighted by molar-refractivity contribution is 5.95. The summed E-state index contributed by atoms with van der Waals surface area (Å²) in [5, 5.41) is 6.33. The van der Waals surface area contributed by atoms with Gasteiger partial charge in [0.2, 0.25) is 5.91 Å². The molecular weight excluding hydrogens is 429 g/mol. The number of nitrogens with one attached hydrogen (secondary N) is 2. The maximum Gasteiger partial charge on any atom is 0.233 e. The smallest absolute Gasteiger partial charge is 0.233 e. The number of carbonyl (C=O) groups excluding carboxylic acids is 1. The summed E-state index contributed by atoms with van der Waals surface area (Å²) in [5.41, 5.74) is 1.16. The molecule has 0 unspecified atom stereocenters. The van der Waals surface area contributed by atoms with Gasteiger partial charge in [0.05, 0.1) is 19.1 Å². The fourth-order valence-electron chi connectivity index (χ4n) is 3.39. The molecule has 166 valence electrons. The van der Waals surface area contributed by atoms with Gasteiger partial charge < -0.3 is 24.8 Å². The summed E-state index contributed by atoms with van der Waals surface area (Å²) in [4.78, 5) is 17.0. The molecule has 0 saturated carbocycles. The van der Waals surface area contributed by atoms with Gasteiger partial charge in [0.15, 0.2) is 11.5 Å². The number of hydrogen-bond acceptors (Lipinski definition) is 6. The van der Waals surface area contributed by atoms with E-state index in [4.69, 9.17) is 14.2 Å². The second-order valence-electron chi connectivity index (χ2n) is 6.93. The predicted molar refractivity (Wildman–Crippen MR) is 121 cm³/mol. The number of rotatable bonds is 8. The fraction of sp³-hybridized carbons (Fsp3) is 0.429. The van der Waals surface area contributed by atoms with Crippen LogP contribution in [0.3, 0.4) is 0 Å². The molecule has 2 aromatic rings. The van der Waals surface area contributed by atoms with Crippen LogP contribution in [-0.4, -0.2) is 44.8 Å². The Morgan fingerprint density at radius 3 is 2.43 bits per heavy atom. The molecule has 3 rings (SSSR count). The molecule has 0 spiro atoms. The summed E-state index contributed by atoms with van der Waals surface area (Å²) in [5.74, 6) is 1.16. The number of hydrogen-bond donors (Lipinski definition) is 2. The summed E-state index contributed by atoms with van der Waals surface area (Å²) in [6.07, 6.45) is 4.93. The lowest BCUT2D eigenvalue weighted by molar-refractivity contribution is -0.130. The maximum absolute atomic E-state index is 13.0. The Morgan fingerprint density at radius 1 is 1.10 bits per heavy atom. The summed E-state index contributed by atoms with van der Waals surface area (Å²) in [6.45, 7) is 2.40. The number of halogens is 2. The van der Waals surface area contributed by atoms with Crippen molar-refractivity contribution >= 4 is 36.4 Å². The summed E-state index contributed by atoms with van der Waals surface area (Å²) in [7, 11) is 3.23. The van der Waals surface area contributed by atoms with Crippen molar-refractivity contribution in [2.45, 2.75) is 19.4 Å². The van der Waals surface area contributed by atoms with Crippen LogP contribution in [0.2, 0.25) is 0 Å². The average molecular weight is 458 g/mol. The van der Waals surface area contributed by atoms with E-state index in [1.54, 1.807) is 38.7 Å². The van der Waals surface area contributed by atoms with E-state index in [9.17, 15) is 4.79 Å². The summed E-state index contributed by atoms with van der Waals surface area (Å²) in [6, 6.07) is 9.19. The predicted octanol–water partition coefficient (Wildman–Crippen LogP) is 3.47. The lowest BCUT2D eigenvalue weighted by Gasteiger charge is -2.35. The number of anilines is 1. The van der Waals surface area contributed by atoms with Gasteiger partial charge in [-0.25, -0.2) is 0 Å². The van der Waals surface area contributed by atoms with E-state index < -0.39 is 5.41 Å². The average Bonchev–Trinajstić information content (AvgIpc) is 2.74. The molecule has 1 aliphatic rings. The number of aromatic nitrogens is 1. The second-order valence-corrected chi connectivity index (χ2v) is 6.93. The van der Waals surface area contributed by atoms with Crippen LogP contribution in [0.25, 0.3) is 0 Å². The Bertz CT molecular complexity index is 782. The highest BCUT2D eigenvalue weighted by atomic mass is 35.5. The first-order valence-electron chi connectivity index (χ1n) is 9.38. The van der Waals surface area contributed by atoms with Crippen LogP contribution in [0.15, 0.2) is 42.7 Å². The van der Waals surface area contributed by atoms with Crippen molar-refractivity contribution in [3.63, 3.8) is 0 Å². The Labute approximate surface area is 189 Å². The van der Waals surface area contributed by atoms with Gasteiger partial charge in [0.1, 0.15) is 6.61 Å². The Hall–Kier alpha value is -2.06. The third-order valence-electron chi connectivity index (χ3n) is 5.03. The van der Waals surface area contributed by atoms with Crippen molar-refractivity contribution in [2.75, 3.05) is 39.2 Å². The zero-order valence-corrected chi connectivity index (χ0v) is 18.8. The van der Waals surface area contributed by atoms with E-state index in [1.165, 1.54) is 0 Å². The van der Waals surface area contributed by atoms with E-state index in [0.717, 1.165) is 31.5 Å². The van der Waals surface area contributed by atoms with E-state index in [2.05, 4.69) is 15.6 Å². The van der Waals surface area contributed by atoms with Gasteiger partial charge in [-0.1, -0.05) is 0 Å². The first-order valence-corrected chi connectivity index (χ1v) is 9.38. The van der Waals surface area contributed by atoms with E-state index in [1.807, 2.05) is 18.2 Å². The number of amides is 1. The molecule has 1 aromatic carbocycles. The summed E-state index contributed by atoms with van der Waals surface area (Å²) >= 11 is 0. The number of pyridine rings is 1. The number of carbonyl (C=O) groups is 1. The Morgan fingerprint density at radius 2 is 1.80 bits per heavy atom. The Balaban J connectivity index is 0.00000225. The number of piperidine rings is 1. The van der Waals surface area contributed by atoms with Crippen LogP contribution < -0.4 is 20.1 Å².